The highest BCUT2D eigenvalue weighted by Gasteiger charge is 2.29. The van der Waals surface area contributed by atoms with Crippen molar-refractivity contribution in [2.45, 2.75) is 57.4 Å². The minimum Gasteiger partial charge on any atom is -0.311 e. The van der Waals surface area contributed by atoms with Crippen molar-refractivity contribution in [2.75, 3.05) is 6.54 Å². The molecule has 12 heavy (non-hydrogen) atoms. The maximum atomic E-state index is 3.76. The summed E-state index contributed by atoms with van der Waals surface area (Å²) in [5, 5.41) is 3.76. The fourth-order valence-corrected chi connectivity index (χ4v) is 2.42. The largest absolute Gasteiger partial charge is 0.311 e. The second-order valence-electron chi connectivity index (χ2n) is 4.95. The van der Waals surface area contributed by atoms with Crippen molar-refractivity contribution in [3.05, 3.63) is 0 Å². The van der Waals surface area contributed by atoms with Gasteiger partial charge in [-0.15, -0.1) is 0 Å². The normalized spacial score (nSPS) is 28.8. The van der Waals surface area contributed by atoms with E-state index in [0.29, 0.717) is 5.54 Å². The van der Waals surface area contributed by atoms with Gasteiger partial charge in [0, 0.05) is 5.54 Å². The lowest BCUT2D eigenvalue weighted by molar-refractivity contribution is 0.255. The van der Waals surface area contributed by atoms with Gasteiger partial charge in [0.2, 0.25) is 0 Å². The van der Waals surface area contributed by atoms with Crippen LogP contribution < -0.4 is 5.32 Å². The first kappa shape index (κ1) is 8.55. The van der Waals surface area contributed by atoms with Crippen LogP contribution in [0, 0.1) is 5.92 Å². The molecule has 2 aliphatic carbocycles. The summed E-state index contributed by atoms with van der Waals surface area (Å²) in [4.78, 5) is 0. The quantitative estimate of drug-likeness (QED) is 0.681. The Morgan fingerprint density at radius 3 is 2.33 bits per heavy atom. The molecule has 70 valence electrons. The van der Waals surface area contributed by atoms with Crippen LogP contribution in [0.5, 0.6) is 0 Å². The number of rotatable bonds is 3. The number of nitrogens with one attached hydrogen (secondary N) is 1. The van der Waals surface area contributed by atoms with E-state index in [1.807, 2.05) is 0 Å². The smallest absolute Gasteiger partial charge is 0.0153 e. The van der Waals surface area contributed by atoms with Crippen LogP contribution in [0.25, 0.3) is 0 Å². The molecule has 2 fully saturated rings. The van der Waals surface area contributed by atoms with Gasteiger partial charge in [-0.1, -0.05) is 19.3 Å². The molecular formula is C11H21N. The summed E-state index contributed by atoms with van der Waals surface area (Å²) in [6, 6.07) is 0. The van der Waals surface area contributed by atoms with E-state index in [2.05, 4.69) is 12.2 Å². The molecule has 0 heterocycles. The van der Waals surface area contributed by atoms with Crippen LogP contribution in [0.3, 0.4) is 0 Å². The van der Waals surface area contributed by atoms with Crippen LogP contribution in [0.1, 0.15) is 51.9 Å². The molecule has 2 rings (SSSR count). The zero-order valence-corrected chi connectivity index (χ0v) is 8.23. The molecule has 0 spiro atoms. The fourth-order valence-electron chi connectivity index (χ4n) is 2.42. The van der Waals surface area contributed by atoms with Crippen molar-refractivity contribution in [3.8, 4) is 0 Å². The van der Waals surface area contributed by atoms with E-state index in [9.17, 15) is 0 Å². The van der Waals surface area contributed by atoms with Crippen molar-refractivity contribution < 1.29 is 0 Å². The first-order valence-corrected chi connectivity index (χ1v) is 5.54. The molecule has 0 radical (unpaired) electrons. The molecule has 0 unspecified atom stereocenters. The van der Waals surface area contributed by atoms with Crippen LogP contribution in [-0.4, -0.2) is 12.1 Å². The minimum absolute atomic E-state index is 0.510. The molecule has 0 aromatic carbocycles. The zero-order chi connectivity index (χ0) is 8.44. The highest BCUT2D eigenvalue weighted by molar-refractivity contribution is 4.89. The van der Waals surface area contributed by atoms with E-state index in [-0.39, 0.29) is 0 Å². The summed E-state index contributed by atoms with van der Waals surface area (Å²) in [5.74, 6) is 1.02. The Morgan fingerprint density at radius 1 is 1.17 bits per heavy atom. The first-order chi connectivity index (χ1) is 5.79. The molecule has 0 saturated heterocycles. The SMILES string of the molecule is CC1(NCC2CCC2)CCCC1. The molecule has 0 aromatic rings. The van der Waals surface area contributed by atoms with Gasteiger partial charge < -0.3 is 5.32 Å². The van der Waals surface area contributed by atoms with Crippen LogP contribution in [-0.2, 0) is 0 Å². The second-order valence-corrected chi connectivity index (χ2v) is 4.95. The predicted octanol–water partition coefficient (Wildman–Crippen LogP) is 2.71. The summed E-state index contributed by atoms with van der Waals surface area (Å²) >= 11 is 0. The van der Waals surface area contributed by atoms with E-state index >= 15 is 0 Å². The number of hydrogen-bond donors (Lipinski definition) is 1. The van der Waals surface area contributed by atoms with Gasteiger partial charge in [-0.2, -0.15) is 0 Å². The van der Waals surface area contributed by atoms with Gasteiger partial charge in [-0.25, -0.2) is 0 Å². The fraction of sp³-hybridized carbons (Fsp3) is 1.00. The molecule has 0 amide bonds. The third-order valence-electron chi connectivity index (χ3n) is 3.75. The molecular weight excluding hydrogens is 146 g/mol. The van der Waals surface area contributed by atoms with E-state index in [1.165, 1.54) is 51.5 Å². The van der Waals surface area contributed by atoms with Gasteiger partial charge in [0.15, 0.2) is 0 Å². The predicted molar refractivity (Wildman–Crippen MR) is 52.2 cm³/mol. The van der Waals surface area contributed by atoms with Gasteiger partial charge in [-0.05, 0) is 45.1 Å². The topological polar surface area (TPSA) is 12.0 Å². The molecule has 0 bridgehead atoms. The zero-order valence-electron chi connectivity index (χ0n) is 8.23. The van der Waals surface area contributed by atoms with Crippen LogP contribution >= 0.6 is 0 Å². The van der Waals surface area contributed by atoms with Gasteiger partial charge in [0.05, 0.1) is 0 Å². The van der Waals surface area contributed by atoms with Gasteiger partial charge in [0.1, 0.15) is 0 Å². The Morgan fingerprint density at radius 2 is 1.83 bits per heavy atom. The van der Waals surface area contributed by atoms with E-state index in [1.54, 1.807) is 0 Å². The molecule has 2 aliphatic rings. The first-order valence-electron chi connectivity index (χ1n) is 5.54. The van der Waals surface area contributed by atoms with Crippen molar-refractivity contribution in [3.63, 3.8) is 0 Å². The molecule has 1 nitrogen and oxygen atoms in total. The Balaban J connectivity index is 1.70. The summed E-state index contributed by atoms with van der Waals surface area (Å²) < 4.78 is 0. The molecule has 0 aliphatic heterocycles. The minimum atomic E-state index is 0.510. The summed E-state index contributed by atoms with van der Waals surface area (Å²) in [6.45, 7) is 3.69. The molecule has 1 heteroatoms. The summed E-state index contributed by atoms with van der Waals surface area (Å²) in [7, 11) is 0. The monoisotopic (exact) mass is 167 g/mol. The maximum Gasteiger partial charge on any atom is 0.0153 e. The number of hydrogen-bond acceptors (Lipinski definition) is 1. The van der Waals surface area contributed by atoms with Gasteiger partial charge >= 0.3 is 0 Å². The Kier molecular flexibility index (Phi) is 2.40. The second kappa shape index (κ2) is 3.37. The van der Waals surface area contributed by atoms with Crippen LogP contribution in [0.15, 0.2) is 0 Å². The molecule has 1 N–H and O–H groups in total. The Bertz CT molecular complexity index is 143. The lowest BCUT2D eigenvalue weighted by Gasteiger charge is -2.32. The summed E-state index contributed by atoms with van der Waals surface area (Å²) in [6.07, 6.45) is 10.1. The van der Waals surface area contributed by atoms with Crippen LogP contribution in [0.4, 0.5) is 0 Å². The highest BCUT2D eigenvalue weighted by Crippen LogP contribution is 2.31. The van der Waals surface area contributed by atoms with Crippen molar-refractivity contribution in [2.24, 2.45) is 5.92 Å². The highest BCUT2D eigenvalue weighted by atomic mass is 15.0. The van der Waals surface area contributed by atoms with Crippen LogP contribution in [0.2, 0.25) is 0 Å². The lowest BCUT2D eigenvalue weighted by atomic mass is 9.84. The van der Waals surface area contributed by atoms with E-state index in [4.69, 9.17) is 0 Å². The lowest BCUT2D eigenvalue weighted by Crippen LogP contribution is -2.43. The average Bonchev–Trinajstić information content (AvgIpc) is 2.33. The Hall–Kier alpha value is -0.0400. The van der Waals surface area contributed by atoms with E-state index in [0.717, 1.165) is 5.92 Å². The Labute approximate surface area is 75.9 Å². The molecule has 0 aromatic heterocycles. The van der Waals surface area contributed by atoms with Gasteiger partial charge in [0.25, 0.3) is 0 Å². The molecule has 0 atom stereocenters. The van der Waals surface area contributed by atoms with Gasteiger partial charge in [-0.3, -0.25) is 0 Å². The van der Waals surface area contributed by atoms with Crippen molar-refractivity contribution in [1.82, 2.24) is 5.32 Å². The third kappa shape index (κ3) is 1.82. The maximum absolute atomic E-state index is 3.76. The molecule has 2 saturated carbocycles. The average molecular weight is 167 g/mol. The van der Waals surface area contributed by atoms with Crippen molar-refractivity contribution >= 4 is 0 Å². The standard InChI is InChI=1S/C11H21N/c1-11(7-2-3-8-11)12-9-10-5-4-6-10/h10,12H,2-9H2,1H3. The summed E-state index contributed by atoms with van der Waals surface area (Å²) in [5.41, 5.74) is 0.510. The third-order valence-corrected chi connectivity index (χ3v) is 3.75. The van der Waals surface area contributed by atoms with Crippen molar-refractivity contribution in [1.29, 1.82) is 0 Å². The van der Waals surface area contributed by atoms with E-state index < -0.39 is 0 Å².